The molecule has 1 heterocycles. The molecule has 1 aliphatic heterocycles. The molecule has 1 aromatic rings. The largest absolute Gasteiger partial charge is 0.496 e. The van der Waals surface area contributed by atoms with Gasteiger partial charge in [-0.15, -0.1) is 0 Å². The van der Waals surface area contributed by atoms with Gasteiger partial charge in [0.25, 0.3) is 0 Å². The summed E-state index contributed by atoms with van der Waals surface area (Å²) in [6.07, 6.45) is 6.78. The lowest BCUT2D eigenvalue weighted by molar-refractivity contribution is 0.0623. The highest BCUT2D eigenvalue weighted by atomic mass is 16.5. The number of ether oxygens (including phenoxy) is 1. The fourth-order valence-electron chi connectivity index (χ4n) is 3.87. The van der Waals surface area contributed by atoms with Gasteiger partial charge in [-0.1, -0.05) is 25.0 Å². The summed E-state index contributed by atoms with van der Waals surface area (Å²) in [6.45, 7) is 2.14. The molecule has 0 N–H and O–H groups in total. The van der Waals surface area contributed by atoms with Crippen LogP contribution in [-0.4, -0.2) is 36.4 Å². The highest BCUT2D eigenvalue weighted by molar-refractivity contribution is 6.05. The maximum atomic E-state index is 13.2. The third kappa shape index (κ3) is 2.14. The molecule has 2 aliphatic rings. The van der Waals surface area contributed by atoms with Crippen LogP contribution >= 0.6 is 0 Å². The van der Waals surface area contributed by atoms with Crippen molar-refractivity contribution in [2.45, 2.75) is 44.1 Å². The maximum Gasteiger partial charge on any atom is 0.186 e. The Bertz CT molecular complexity index is 486. The molecule has 0 bridgehead atoms. The molecule has 0 atom stereocenters. The molecule has 0 spiro atoms. The standard InChI is InChI=1S/C17H23NO2/c1-20-15-9-3-2-8-14(15)16(19)17(10-4-5-11-17)18-12-6-7-13-18/h2-3,8-9H,4-7,10-13H2,1H3. The van der Waals surface area contributed by atoms with Gasteiger partial charge >= 0.3 is 0 Å². The van der Waals surface area contributed by atoms with Crippen LogP contribution in [0.25, 0.3) is 0 Å². The summed E-state index contributed by atoms with van der Waals surface area (Å²) < 4.78 is 5.39. The number of carbonyl (C=O) groups is 1. The van der Waals surface area contributed by atoms with Gasteiger partial charge in [0.2, 0.25) is 0 Å². The first kappa shape index (κ1) is 13.6. The summed E-state index contributed by atoms with van der Waals surface area (Å²) in [7, 11) is 1.64. The second-order valence-corrected chi connectivity index (χ2v) is 5.96. The molecule has 0 radical (unpaired) electrons. The van der Waals surface area contributed by atoms with Crippen LogP contribution in [0.4, 0.5) is 0 Å². The fourth-order valence-corrected chi connectivity index (χ4v) is 3.87. The average Bonchev–Trinajstić information content (AvgIpc) is 3.17. The maximum absolute atomic E-state index is 13.2. The van der Waals surface area contributed by atoms with Gasteiger partial charge in [0.1, 0.15) is 5.75 Å². The molecule has 0 aromatic heterocycles. The van der Waals surface area contributed by atoms with E-state index < -0.39 is 0 Å². The van der Waals surface area contributed by atoms with E-state index in [1.165, 1.54) is 12.8 Å². The number of methoxy groups -OCH3 is 1. The Balaban J connectivity index is 1.97. The van der Waals surface area contributed by atoms with E-state index in [0.717, 1.165) is 44.3 Å². The lowest BCUT2D eigenvalue weighted by Crippen LogP contribution is -2.51. The number of para-hydroxylation sites is 1. The number of nitrogens with zero attached hydrogens (tertiary/aromatic N) is 1. The van der Waals surface area contributed by atoms with Gasteiger partial charge in [0.15, 0.2) is 5.78 Å². The summed E-state index contributed by atoms with van der Waals surface area (Å²) in [5, 5.41) is 0. The van der Waals surface area contributed by atoms with E-state index in [9.17, 15) is 4.79 Å². The molecule has 1 aliphatic carbocycles. The molecule has 1 saturated carbocycles. The SMILES string of the molecule is COc1ccccc1C(=O)C1(N2CCCC2)CCCC1. The molecule has 2 fully saturated rings. The first-order valence-corrected chi connectivity index (χ1v) is 7.71. The van der Waals surface area contributed by atoms with E-state index in [0.29, 0.717) is 5.75 Å². The Morgan fingerprint density at radius 2 is 1.75 bits per heavy atom. The van der Waals surface area contributed by atoms with Crippen molar-refractivity contribution >= 4 is 5.78 Å². The Morgan fingerprint density at radius 1 is 1.10 bits per heavy atom. The number of hydrogen-bond acceptors (Lipinski definition) is 3. The van der Waals surface area contributed by atoms with Crippen molar-refractivity contribution in [3.8, 4) is 5.75 Å². The summed E-state index contributed by atoms with van der Waals surface area (Å²) in [5.41, 5.74) is 0.495. The minimum absolute atomic E-state index is 0.259. The lowest BCUT2D eigenvalue weighted by Gasteiger charge is -2.37. The number of Topliss-reactive ketones (excluding diaryl/α,β-unsaturated/α-hetero) is 1. The minimum Gasteiger partial charge on any atom is -0.496 e. The fraction of sp³-hybridized carbons (Fsp3) is 0.588. The van der Waals surface area contributed by atoms with E-state index in [1.54, 1.807) is 7.11 Å². The van der Waals surface area contributed by atoms with Crippen molar-refractivity contribution < 1.29 is 9.53 Å². The van der Waals surface area contributed by atoms with Gasteiger partial charge in [-0.2, -0.15) is 0 Å². The molecule has 1 aromatic carbocycles. The number of rotatable bonds is 4. The summed E-state index contributed by atoms with van der Waals surface area (Å²) in [4.78, 5) is 15.7. The van der Waals surface area contributed by atoms with E-state index in [2.05, 4.69) is 4.90 Å². The predicted octanol–water partition coefficient (Wildman–Crippen LogP) is 3.29. The molecule has 20 heavy (non-hydrogen) atoms. The van der Waals surface area contributed by atoms with Crippen LogP contribution in [0.3, 0.4) is 0 Å². The van der Waals surface area contributed by atoms with E-state index >= 15 is 0 Å². The zero-order chi connectivity index (χ0) is 14.0. The molecule has 0 unspecified atom stereocenters. The first-order chi connectivity index (χ1) is 9.78. The van der Waals surface area contributed by atoms with Gasteiger partial charge in [-0.3, -0.25) is 9.69 Å². The quantitative estimate of drug-likeness (QED) is 0.788. The molecular weight excluding hydrogens is 250 g/mol. The zero-order valence-electron chi connectivity index (χ0n) is 12.2. The van der Waals surface area contributed by atoms with Crippen molar-refractivity contribution in [3.63, 3.8) is 0 Å². The third-order valence-corrected chi connectivity index (χ3v) is 4.92. The molecule has 0 amide bonds. The van der Waals surface area contributed by atoms with E-state index in [1.807, 2.05) is 24.3 Å². The number of carbonyl (C=O) groups excluding carboxylic acids is 1. The number of likely N-dealkylation sites (tertiary alicyclic amines) is 1. The van der Waals surface area contributed by atoms with Crippen molar-refractivity contribution in [2.75, 3.05) is 20.2 Å². The van der Waals surface area contributed by atoms with Crippen molar-refractivity contribution in [1.29, 1.82) is 0 Å². The number of benzene rings is 1. The Kier molecular flexibility index (Phi) is 3.79. The Morgan fingerprint density at radius 3 is 2.40 bits per heavy atom. The number of ketones is 1. The van der Waals surface area contributed by atoms with Crippen LogP contribution in [0.15, 0.2) is 24.3 Å². The topological polar surface area (TPSA) is 29.5 Å². The zero-order valence-corrected chi connectivity index (χ0v) is 12.2. The van der Waals surface area contributed by atoms with E-state index in [4.69, 9.17) is 4.74 Å². The van der Waals surface area contributed by atoms with Crippen LogP contribution < -0.4 is 4.74 Å². The van der Waals surface area contributed by atoms with Crippen LogP contribution in [-0.2, 0) is 0 Å². The van der Waals surface area contributed by atoms with Crippen LogP contribution in [0.5, 0.6) is 5.75 Å². The van der Waals surface area contributed by atoms with Crippen molar-refractivity contribution in [2.24, 2.45) is 0 Å². The highest BCUT2D eigenvalue weighted by Crippen LogP contribution is 2.41. The average molecular weight is 273 g/mol. The summed E-state index contributed by atoms with van der Waals surface area (Å²) in [5.74, 6) is 0.984. The van der Waals surface area contributed by atoms with Gasteiger partial charge < -0.3 is 4.74 Å². The van der Waals surface area contributed by atoms with Crippen LogP contribution in [0.2, 0.25) is 0 Å². The van der Waals surface area contributed by atoms with Gasteiger partial charge in [-0.05, 0) is 50.9 Å². The second-order valence-electron chi connectivity index (χ2n) is 5.96. The van der Waals surface area contributed by atoms with Crippen molar-refractivity contribution in [1.82, 2.24) is 4.90 Å². The second kappa shape index (κ2) is 5.57. The van der Waals surface area contributed by atoms with Crippen LogP contribution in [0, 0.1) is 0 Å². The summed E-state index contributed by atoms with van der Waals surface area (Å²) in [6, 6.07) is 7.66. The van der Waals surface area contributed by atoms with Gasteiger partial charge in [0.05, 0.1) is 18.2 Å². The molecule has 3 nitrogen and oxygen atoms in total. The Labute approximate surface area is 120 Å². The first-order valence-electron chi connectivity index (χ1n) is 7.71. The van der Waals surface area contributed by atoms with Gasteiger partial charge in [-0.25, -0.2) is 0 Å². The van der Waals surface area contributed by atoms with Crippen molar-refractivity contribution in [3.05, 3.63) is 29.8 Å². The molecule has 3 rings (SSSR count). The normalized spacial score (nSPS) is 22.1. The summed E-state index contributed by atoms with van der Waals surface area (Å²) >= 11 is 0. The molecule has 1 saturated heterocycles. The predicted molar refractivity (Wildman–Crippen MR) is 79.3 cm³/mol. The number of hydrogen-bond donors (Lipinski definition) is 0. The molecule has 3 heteroatoms. The highest BCUT2D eigenvalue weighted by Gasteiger charge is 2.47. The molecule has 108 valence electrons. The van der Waals surface area contributed by atoms with E-state index in [-0.39, 0.29) is 11.3 Å². The molecular formula is C17H23NO2. The van der Waals surface area contributed by atoms with Gasteiger partial charge in [0, 0.05) is 0 Å². The smallest absolute Gasteiger partial charge is 0.186 e. The Hall–Kier alpha value is -1.35. The van der Waals surface area contributed by atoms with Crippen LogP contribution in [0.1, 0.15) is 48.9 Å². The minimum atomic E-state index is -0.259. The lowest BCUT2D eigenvalue weighted by atomic mass is 9.85. The monoisotopic (exact) mass is 273 g/mol. The third-order valence-electron chi connectivity index (χ3n) is 4.92.